The Labute approximate surface area is 82.8 Å². The molecule has 1 aromatic carbocycles. The third-order valence-corrected chi connectivity index (χ3v) is 1.34. The van der Waals surface area contributed by atoms with Crippen molar-refractivity contribution < 1.29 is 19.7 Å². The first-order chi connectivity index (χ1) is 6.65. The molecule has 1 rings (SSSR count). The van der Waals surface area contributed by atoms with E-state index in [9.17, 15) is 4.79 Å². The summed E-state index contributed by atoms with van der Waals surface area (Å²) in [5.41, 5.74) is 0.269. The van der Waals surface area contributed by atoms with Gasteiger partial charge in [0.05, 0.1) is 12.7 Å². The molecular formula is C10H14O4. The number of carboxylic acids is 1. The van der Waals surface area contributed by atoms with Gasteiger partial charge < -0.3 is 14.9 Å². The van der Waals surface area contributed by atoms with Crippen molar-refractivity contribution in [2.45, 2.75) is 6.92 Å². The lowest BCUT2D eigenvalue weighted by molar-refractivity contribution is 0.0697. The summed E-state index contributed by atoms with van der Waals surface area (Å²) in [6.07, 6.45) is 0. The molecule has 0 aliphatic heterocycles. The van der Waals surface area contributed by atoms with Gasteiger partial charge >= 0.3 is 5.97 Å². The lowest BCUT2D eigenvalue weighted by atomic mass is 10.2. The third-order valence-electron chi connectivity index (χ3n) is 1.34. The maximum absolute atomic E-state index is 10.4. The highest BCUT2D eigenvalue weighted by Gasteiger charge is 2.00. The van der Waals surface area contributed by atoms with Crippen molar-refractivity contribution in [3.8, 4) is 5.75 Å². The summed E-state index contributed by atoms with van der Waals surface area (Å²) in [5, 5.41) is 16.1. The molecule has 14 heavy (non-hydrogen) atoms. The molecule has 0 heterocycles. The van der Waals surface area contributed by atoms with E-state index in [-0.39, 0.29) is 12.2 Å². The number of aromatic carboxylic acids is 1. The molecule has 0 atom stereocenters. The van der Waals surface area contributed by atoms with Crippen molar-refractivity contribution in [3.63, 3.8) is 0 Å². The van der Waals surface area contributed by atoms with E-state index in [1.807, 2.05) is 0 Å². The zero-order chi connectivity index (χ0) is 11.0. The minimum atomic E-state index is -0.923. The molecule has 0 aliphatic carbocycles. The van der Waals surface area contributed by atoms with Crippen LogP contribution in [0.2, 0.25) is 0 Å². The van der Waals surface area contributed by atoms with Gasteiger partial charge in [0.1, 0.15) is 5.75 Å². The molecule has 0 aromatic heterocycles. The first-order valence-corrected chi connectivity index (χ1v) is 4.13. The number of rotatable bonds is 2. The van der Waals surface area contributed by atoms with Gasteiger partial charge in [-0.3, -0.25) is 0 Å². The Morgan fingerprint density at radius 3 is 2.07 bits per heavy atom. The van der Waals surface area contributed by atoms with Crippen LogP contribution in [0.4, 0.5) is 0 Å². The Hall–Kier alpha value is -1.55. The molecule has 0 saturated carbocycles. The smallest absolute Gasteiger partial charge is 0.335 e. The number of methoxy groups -OCH3 is 1. The maximum atomic E-state index is 10.4. The second-order valence-electron chi connectivity index (χ2n) is 2.35. The van der Waals surface area contributed by atoms with Crippen LogP contribution in [0, 0.1) is 0 Å². The molecule has 2 N–H and O–H groups in total. The molecule has 0 fully saturated rings. The van der Waals surface area contributed by atoms with Gasteiger partial charge in [-0.2, -0.15) is 0 Å². The average Bonchev–Trinajstić information content (AvgIpc) is 2.19. The van der Waals surface area contributed by atoms with Crippen LogP contribution in [0.3, 0.4) is 0 Å². The summed E-state index contributed by atoms with van der Waals surface area (Å²) >= 11 is 0. The van der Waals surface area contributed by atoms with Crippen LogP contribution in [0.25, 0.3) is 0 Å². The Morgan fingerprint density at radius 2 is 1.79 bits per heavy atom. The summed E-state index contributed by atoms with van der Waals surface area (Å²) in [5.74, 6) is -0.261. The van der Waals surface area contributed by atoms with Crippen molar-refractivity contribution in [3.05, 3.63) is 29.8 Å². The zero-order valence-corrected chi connectivity index (χ0v) is 8.23. The SMILES string of the molecule is CCO.COc1ccc(C(=O)O)cc1. The second-order valence-corrected chi connectivity index (χ2v) is 2.35. The topological polar surface area (TPSA) is 66.8 Å². The summed E-state index contributed by atoms with van der Waals surface area (Å²) in [6, 6.07) is 6.23. The van der Waals surface area contributed by atoms with E-state index in [0.717, 1.165) is 0 Å². The van der Waals surface area contributed by atoms with Gasteiger partial charge in [-0.15, -0.1) is 0 Å². The predicted octanol–water partition coefficient (Wildman–Crippen LogP) is 1.39. The Morgan fingerprint density at radius 1 is 1.36 bits per heavy atom. The summed E-state index contributed by atoms with van der Waals surface area (Å²) in [7, 11) is 1.54. The van der Waals surface area contributed by atoms with Gasteiger partial charge in [0.25, 0.3) is 0 Å². The minimum Gasteiger partial charge on any atom is -0.497 e. The fourth-order valence-corrected chi connectivity index (χ4v) is 0.734. The number of hydrogen-bond donors (Lipinski definition) is 2. The first-order valence-electron chi connectivity index (χ1n) is 4.13. The van der Waals surface area contributed by atoms with Crippen molar-refractivity contribution in [2.75, 3.05) is 13.7 Å². The fraction of sp³-hybridized carbons (Fsp3) is 0.300. The van der Waals surface area contributed by atoms with Crippen LogP contribution in [0.1, 0.15) is 17.3 Å². The van der Waals surface area contributed by atoms with Gasteiger partial charge in [-0.25, -0.2) is 4.79 Å². The number of carbonyl (C=O) groups is 1. The highest BCUT2D eigenvalue weighted by molar-refractivity contribution is 5.87. The fourth-order valence-electron chi connectivity index (χ4n) is 0.734. The quantitative estimate of drug-likeness (QED) is 0.753. The van der Waals surface area contributed by atoms with Gasteiger partial charge in [0, 0.05) is 6.61 Å². The van der Waals surface area contributed by atoms with E-state index in [0.29, 0.717) is 5.75 Å². The van der Waals surface area contributed by atoms with Gasteiger partial charge in [0.2, 0.25) is 0 Å². The van der Waals surface area contributed by atoms with Crippen LogP contribution in [0.5, 0.6) is 5.75 Å². The van der Waals surface area contributed by atoms with E-state index >= 15 is 0 Å². The van der Waals surface area contributed by atoms with E-state index < -0.39 is 5.97 Å². The molecule has 0 bridgehead atoms. The predicted molar refractivity (Wildman–Crippen MR) is 52.7 cm³/mol. The zero-order valence-electron chi connectivity index (χ0n) is 8.23. The molecule has 0 aliphatic rings. The molecule has 0 amide bonds. The first kappa shape index (κ1) is 12.4. The van der Waals surface area contributed by atoms with Gasteiger partial charge in [0.15, 0.2) is 0 Å². The van der Waals surface area contributed by atoms with E-state index in [1.165, 1.54) is 19.2 Å². The van der Waals surface area contributed by atoms with Gasteiger partial charge in [-0.1, -0.05) is 0 Å². The van der Waals surface area contributed by atoms with E-state index in [1.54, 1.807) is 19.1 Å². The number of aliphatic hydroxyl groups excluding tert-OH is 1. The summed E-state index contributed by atoms with van der Waals surface area (Å²) < 4.78 is 4.86. The van der Waals surface area contributed by atoms with Crippen LogP contribution < -0.4 is 4.74 Å². The molecule has 4 heteroatoms. The molecule has 0 spiro atoms. The van der Waals surface area contributed by atoms with Crippen molar-refractivity contribution in [2.24, 2.45) is 0 Å². The lowest BCUT2D eigenvalue weighted by Gasteiger charge is -1.98. The summed E-state index contributed by atoms with van der Waals surface area (Å²) in [4.78, 5) is 10.4. The van der Waals surface area contributed by atoms with Crippen LogP contribution >= 0.6 is 0 Å². The lowest BCUT2D eigenvalue weighted by Crippen LogP contribution is -1.95. The van der Waals surface area contributed by atoms with Crippen molar-refractivity contribution in [1.29, 1.82) is 0 Å². The van der Waals surface area contributed by atoms with Crippen molar-refractivity contribution in [1.82, 2.24) is 0 Å². The Bertz CT molecular complexity index is 266. The molecule has 0 saturated heterocycles. The molecule has 4 nitrogen and oxygen atoms in total. The number of carboxylic acid groups (broad SMARTS) is 1. The largest absolute Gasteiger partial charge is 0.497 e. The highest BCUT2D eigenvalue weighted by atomic mass is 16.5. The minimum absolute atomic E-state index is 0.250. The Kier molecular flexibility index (Phi) is 6.15. The number of hydrogen-bond acceptors (Lipinski definition) is 3. The van der Waals surface area contributed by atoms with Crippen LogP contribution in [0.15, 0.2) is 24.3 Å². The number of benzene rings is 1. The molecule has 0 unspecified atom stereocenters. The number of ether oxygens (including phenoxy) is 1. The molecule has 0 radical (unpaired) electrons. The third kappa shape index (κ3) is 4.47. The standard InChI is InChI=1S/C8H8O3.C2H6O/c1-11-7-4-2-6(3-5-7)8(9)10;1-2-3/h2-5H,1H3,(H,9,10);3H,2H2,1H3. The Balaban J connectivity index is 0.000000500. The molecule has 78 valence electrons. The average molecular weight is 198 g/mol. The highest BCUT2D eigenvalue weighted by Crippen LogP contribution is 2.10. The summed E-state index contributed by atoms with van der Waals surface area (Å²) in [6.45, 7) is 1.93. The monoisotopic (exact) mass is 198 g/mol. The number of aliphatic hydroxyl groups is 1. The normalized spacial score (nSPS) is 8.50. The van der Waals surface area contributed by atoms with E-state index in [4.69, 9.17) is 14.9 Å². The van der Waals surface area contributed by atoms with Crippen LogP contribution in [-0.2, 0) is 0 Å². The second kappa shape index (κ2) is 6.91. The van der Waals surface area contributed by atoms with Crippen LogP contribution in [-0.4, -0.2) is 29.9 Å². The molecular weight excluding hydrogens is 184 g/mol. The van der Waals surface area contributed by atoms with Crippen molar-refractivity contribution >= 4 is 5.97 Å². The molecule has 1 aromatic rings. The maximum Gasteiger partial charge on any atom is 0.335 e. The van der Waals surface area contributed by atoms with Gasteiger partial charge in [-0.05, 0) is 31.2 Å². The van der Waals surface area contributed by atoms with E-state index in [2.05, 4.69) is 0 Å².